The van der Waals surface area contributed by atoms with Crippen molar-refractivity contribution in [2.24, 2.45) is 0 Å². The van der Waals surface area contributed by atoms with Crippen LogP contribution in [0, 0.1) is 0 Å². The molecule has 0 amide bonds. The molecule has 1 aromatic carbocycles. The van der Waals surface area contributed by atoms with E-state index in [0.29, 0.717) is 13.0 Å². The van der Waals surface area contributed by atoms with Gasteiger partial charge in [-0.3, -0.25) is 4.79 Å². The van der Waals surface area contributed by atoms with Gasteiger partial charge < -0.3 is 4.74 Å². The first kappa shape index (κ1) is 15.7. The molecule has 0 aliphatic carbocycles. The summed E-state index contributed by atoms with van der Waals surface area (Å²) in [5.74, 6) is 0.213. The molecule has 0 saturated heterocycles. The van der Waals surface area contributed by atoms with Gasteiger partial charge >= 0.3 is 5.97 Å². The number of carbonyl (C=O) groups excluding carboxylic acids is 1. The van der Waals surface area contributed by atoms with Gasteiger partial charge in [0.15, 0.2) is 0 Å². The number of unbranched alkanes of at least 4 members (excludes halogenated alkanes) is 4. The first-order valence-corrected chi connectivity index (χ1v) is 7.44. The number of rotatable bonds is 9. The average molecular weight is 262 g/mol. The maximum atomic E-state index is 11.6. The summed E-state index contributed by atoms with van der Waals surface area (Å²) in [6, 6.07) is 10.2. The average Bonchev–Trinajstić information content (AvgIpc) is 2.45. The molecular weight excluding hydrogens is 236 g/mol. The van der Waals surface area contributed by atoms with Crippen LogP contribution in [-0.2, 0) is 9.53 Å². The molecule has 0 radical (unpaired) electrons. The van der Waals surface area contributed by atoms with Gasteiger partial charge in [0.1, 0.15) is 0 Å². The minimum Gasteiger partial charge on any atom is -0.465 e. The molecule has 0 aliphatic rings. The summed E-state index contributed by atoms with van der Waals surface area (Å²) in [5, 5.41) is 0. The second-order valence-electron chi connectivity index (χ2n) is 5.16. The van der Waals surface area contributed by atoms with E-state index in [2.05, 4.69) is 26.0 Å². The zero-order valence-electron chi connectivity index (χ0n) is 12.2. The Balaban J connectivity index is 2.13. The first-order valence-electron chi connectivity index (χ1n) is 7.44. The number of hydrogen-bond donors (Lipinski definition) is 0. The molecule has 0 spiro atoms. The first-order chi connectivity index (χ1) is 9.24. The quantitative estimate of drug-likeness (QED) is 0.476. The Bertz CT molecular complexity index is 346. The van der Waals surface area contributed by atoms with Crippen molar-refractivity contribution in [1.82, 2.24) is 0 Å². The zero-order chi connectivity index (χ0) is 13.9. The third kappa shape index (κ3) is 7.00. The van der Waals surface area contributed by atoms with Crippen molar-refractivity contribution in [2.45, 2.75) is 58.3 Å². The van der Waals surface area contributed by atoms with E-state index in [1.54, 1.807) is 0 Å². The van der Waals surface area contributed by atoms with E-state index in [4.69, 9.17) is 4.74 Å². The van der Waals surface area contributed by atoms with Gasteiger partial charge in [-0.2, -0.15) is 0 Å². The molecule has 2 heteroatoms. The minimum absolute atomic E-state index is 0.0562. The molecule has 1 aromatic rings. The molecule has 0 fully saturated rings. The fourth-order valence-corrected chi connectivity index (χ4v) is 2.04. The van der Waals surface area contributed by atoms with Crippen LogP contribution < -0.4 is 0 Å². The number of benzene rings is 1. The van der Waals surface area contributed by atoms with Crippen molar-refractivity contribution in [3.63, 3.8) is 0 Å². The molecule has 0 bridgehead atoms. The Labute approximate surface area is 117 Å². The molecule has 0 aromatic heterocycles. The molecular formula is C17H26O2. The van der Waals surface area contributed by atoms with Crippen molar-refractivity contribution in [3.05, 3.63) is 35.9 Å². The van der Waals surface area contributed by atoms with Crippen LogP contribution in [-0.4, -0.2) is 12.6 Å². The lowest BCUT2D eigenvalue weighted by atomic mass is 10.0. The van der Waals surface area contributed by atoms with Crippen molar-refractivity contribution in [2.75, 3.05) is 6.61 Å². The number of ether oxygens (including phenoxy) is 1. The van der Waals surface area contributed by atoms with Gasteiger partial charge in [-0.1, -0.05) is 69.9 Å². The zero-order valence-corrected chi connectivity index (χ0v) is 12.2. The smallest absolute Gasteiger partial charge is 0.305 e. The van der Waals surface area contributed by atoms with Crippen LogP contribution >= 0.6 is 0 Å². The highest BCUT2D eigenvalue weighted by Gasteiger charge is 2.08. The van der Waals surface area contributed by atoms with E-state index < -0.39 is 0 Å². The highest BCUT2D eigenvalue weighted by atomic mass is 16.5. The molecule has 0 heterocycles. The predicted molar refractivity (Wildman–Crippen MR) is 79.2 cm³/mol. The summed E-state index contributed by atoms with van der Waals surface area (Å²) in [6.45, 7) is 4.76. The maximum absolute atomic E-state index is 11.6. The highest BCUT2D eigenvalue weighted by Crippen LogP contribution is 2.15. The van der Waals surface area contributed by atoms with Gasteiger partial charge in [-0.25, -0.2) is 0 Å². The topological polar surface area (TPSA) is 26.3 Å². The molecule has 1 atom stereocenters. The second-order valence-corrected chi connectivity index (χ2v) is 5.16. The molecule has 1 unspecified atom stereocenters. The fraction of sp³-hybridized carbons (Fsp3) is 0.588. The van der Waals surface area contributed by atoms with Crippen LogP contribution in [0.5, 0.6) is 0 Å². The van der Waals surface area contributed by atoms with Gasteiger partial charge in [0.2, 0.25) is 0 Å². The van der Waals surface area contributed by atoms with Gasteiger partial charge in [-0.05, 0) is 12.0 Å². The van der Waals surface area contributed by atoms with Crippen molar-refractivity contribution in [3.8, 4) is 0 Å². The molecule has 106 valence electrons. The van der Waals surface area contributed by atoms with Crippen molar-refractivity contribution < 1.29 is 9.53 Å². The van der Waals surface area contributed by atoms with Gasteiger partial charge in [0, 0.05) is 12.3 Å². The predicted octanol–water partition coefficient (Wildman–Crippen LogP) is 4.69. The second kappa shape index (κ2) is 9.60. The molecule has 1 rings (SSSR count). The maximum Gasteiger partial charge on any atom is 0.305 e. The summed E-state index contributed by atoms with van der Waals surface area (Å²) < 4.78 is 5.33. The van der Waals surface area contributed by atoms with Gasteiger partial charge in [0.25, 0.3) is 0 Å². The third-order valence-corrected chi connectivity index (χ3v) is 3.35. The molecule has 19 heavy (non-hydrogen) atoms. The van der Waals surface area contributed by atoms with Gasteiger partial charge in [0.05, 0.1) is 6.61 Å². The van der Waals surface area contributed by atoms with Gasteiger partial charge in [-0.15, -0.1) is 0 Å². The summed E-state index contributed by atoms with van der Waals surface area (Å²) >= 11 is 0. The number of hydrogen-bond acceptors (Lipinski definition) is 2. The summed E-state index contributed by atoms with van der Waals surface area (Å²) in [5.41, 5.74) is 1.22. The van der Waals surface area contributed by atoms with Crippen LogP contribution in [0.15, 0.2) is 30.3 Å². The Morgan fingerprint density at radius 2 is 1.79 bits per heavy atom. The lowest BCUT2D eigenvalue weighted by Gasteiger charge is -2.12. The van der Waals surface area contributed by atoms with Crippen molar-refractivity contribution >= 4 is 5.97 Å². The SMILES string of the molecule is CCCCCCCC(=O)OCC(C)c1ccccc1. The summed E-state index contributed by atoms with van der Waals surface area (Å²) in [4.78, 5) is 11.6. The van der Waals surface area contributed by atoms with Crippen LogP contribution in [0.4, 0.5) is 0 Å². The van der Waals surface area contributed by atoms with E-state index in [1.165, 1.54) is 24.8 Å². The Hall–Kier alpha value is -1.31. The van der Waals surface area contributed by atoms with E-state index in [0.717, 1.165) is 12.8 Å². The molecule has 2 nitrogen and oxygen atoms in total. The Morgan fingerprint density at radius 3 is 2.47 bits per heavy atom. The molecule has 0 N–H and O–H groups in total. The highest BCUT2D eigenvalue weighted by molar-refractivity contribution is 5.69. The molecule has 0 aliphatic heterocycles. The van der Waals surface area contributed by atoms with Crippen LogP contribution in [0.25, 0.3) is 0 Å². The lowest BCUT2D eigenvalue weighted by Crippen LogP contribution is -2.10. The van der Waals surface area contributed by atoms with Crippen LogP contribution in [0.1, 0.15) is 63.9 Å². The summed E-state index contributed by atoms with van der Waals surface area (Å²) in [7, 11) is 0. The Kier molecular flexibility index (Phi) is 7.95. The summed E-state index contributed by atoms with van der Waals surface area (Å²) in [6.07, 6.45) is 6.38. The van der Waals surface area contributed by atoms with Crippen molar-refractivity contribution in [1.29, 1.82) is 0 Å². The lowest BCUT2D eigenvalue weighted by molar-refractivity contribution is -0.144. The van der Waals surface area contributed by atoms with E-state index >= 15 is 0 Å². The largest absolute Gasteiger partial charge is 0.465 e. The third-order valence-electron chi connectivity index (χ3n) is 3.35. The van der Waals surface area contributed by atoms with E-state index in [1.807, 2.05) is 18.2 Å². The van der Waals surface area contributed by atoms with E-state index in [-0.39, 0.29) is 11.9 Å². The number of carbonyl (C=O) groups is 1. The van der Waals surface area contributed by atoms with Crippen LogP contribution in [0.3, 0.4) is 0 Å². The number of esters is 1. The standard InChI is InChI=1S/C17H26O2/c1-3-4-5-6-10-13-17(18)19-14-15(2)16-11-8-7-9-12-16/h7-9,11-12,15H,3-6,10,13-14H2,1-2H3. The van der Waals surface area contributed by atoms with E-state index in [9.17, 15) is 4.79 Å². The fourth-order valence-electron chi connectivity index (χ4n) is 2.04. The monoisotopic (exact) mass is 262 g/mol. The van der Waals surface area contributed by atoms with Crippen LogP contribution in [0.2, 0.25) is 0 Å². The minimum atomic E-state index is -0.0562. The molecule has 0 saturated carbocycles. The normalized spacial score (nSPS) is 12.1. The Morgan fingerprint density at radius 1 is 1.11 bits per heavy atom.